The number of ether oxygens (including phenoxy) is 1. The lowest BCUT2D eigenvalue weighted by Gasteiger charge is -2.07. The molecule has 14 heavy (non-hydrogen) atoms. The molecule has 1 aromatic carbocycles. The molecular weight excluding hydrogens is 180 g/mol. The third kappa shape index (κ3) is 2.49. The highest BCUT2D eigenvalue weighted by Crippen LogP contribution is 2.20. The number of rotatable bonds is 4. The van der Waals surface area contributed by atoms with Gasteiger partial charge in [0.2, 0.25) is 0 Å². The van der Waals surface area contributed by atoms with Gasteiger partial charge in [-0.3, -0.25) is 4.79 Å². The summed E-state index contributed by atoms with van der Waals surface area (Å²) in [6.07, 6.45) is 0.927. The van der Waals surface area contributed by atoms with Crippen molar-refractivity contribution < 1.29 is 14.6 Å². The van der Waals surface area contributed by atoms with Crippen molar-refractivity contribution in [3.05, 3.63) is 29.3 Å². The molecule has 0 spiro atoms. The predicted molar refractivity (Wildman–Crippen MR) is 53.7 cm³/mol. The second-order valence-corrected chi connectivity index (χ2v) is 3.07. The summed E-state index contributed by atoms with van der Waals surface area (Å²) in [7, 11) is 1.60. The van der Waals surface area contributed by atoms with E-state index in [1.54, 1.807) is 13.2 Å². The summed E-state index contributed by atoms with van der Waals surface area (Å²) in [5.74, 6) is -0.0532. The fourth-order valence-electron chi connectivity index (χ4n) is 1.37. The van der Waals surface area contributed by atoms with Crippen LogP contribution in [0.5, 0.6) is 5.75 Å². The molecule has 1 rings (SSSR count). The normalized spacial score (nSPS) is 9.86. The van der Waals surface area contributed by atoms with Crippen LogP contribution in [0.25, 0.3) is 0 Å². The molecule has 0 aliphatic rings. The molecule has 0 amide bonds. The van der Waals surface area contributed by atoms with Crippen molar-refractivity contribution in [2.75, 3.05) is 7.11 Å². The molecule has 0 unspecified atom stereocenters. The topological polar surface area (TPSA) is 46.5 Å². The van der Waals surface area contributed by atoms with Crippen molar-refractivity contribution in [1.29, 1.82) is 0 Å². The van der Waals surface area contributed by atoms with Gasteiger partial charge in [-0.1, -0.05) is 19.1 Å². The number of hydrogen-bond donors (Lipinski definition) is 1. The van der Waals surface area contributed by atoms with E-state index in [0.717, 1.165) is 23.3 Å². The van der Waals surface area contributed by atoms with Crippen LogP contribution in [-0.2, 0) is 17.6 Å². The number of methoxy groups -OCH3 is 1. The van der Waals surface area contributed by atoms with Crippen LogP contribution < -0.4 is 4.74 Å². The molecule has 0 radical (unpaired) electrons. The van der Waals surface area contributed by atoms with Gasteiger partial charge in [-0.15, -0.1) is 0 Å². The van der Waals surface area contributed by atoms with Gasteiger partial charge in [0, 0.05) is 0 Å². The standard InChI is InChI=1S/C11H14O3/c1-3-9-5-4-8(7-11(12)13)6-10(9)14-2/h4-6H,3,7H2,1-2H3,(H,12,13). The summed E-state index contributed by atoms with van der Waals surface area (Å²) in [4.78, 5) is 10.5. The molecule has 0 saturated heterocycles. The van der Waals surface area contributed by atoms with Crippen LogP contribution in [0.3, 0.4) is 0 Å². The molecule has 0 aliphatic heterocycles. The summed E-state index contributed by atoms with van der Waals surface area (Å²) < 4.78 is 5.17. The summed E-state index contributed by atoms with van der Waals surface area (Å²) >= 11 is 0. The molecule has 0 aliphatic carbocycles. The average molecular weight is 194 g/mol. The van der Waals surface area contributed by atoms with Crippen molar-refractivity contribution in [1.82, 2.24) is 0 Å². The first-order valence-electron chi connectivity index (χ1n) is 4.55. The zero-order chi connectivity index (χ0) is 10.6. The highest BCUT2D eigenvalue weighted by Gasteiger charge is 2.05. The van der Waals surface area contributed by atoms with E-state index < -0.39 is 5.97 Å². The molecule has 3 heteroatoms. The Morgan fingerprint density at radius 2 is 2.21 bits per heavy atom. The number of carboxylic acids is 1. The molecule has 1 N–H and O–H groups in total. The minimum absolute atomic E-state index is 0.0420. The van der Waals surface area contributed by atoms with Gasteiger partial charge < -0.3 is 9.84 Å². The Kier molecular flexibility index (Phi) is 3.51. The Balaban J connectivity index is 2.95. The van der Waals surface area contributed by atoms with E-state index >= 15 is 0 Å². The quantitative estimate of drug-likeness (QED) is 0.796. The van der Waals surface area contributed by atoms with Gasteiger partial charge in [-0.2, -0.15) is 0 Å². The monoisotopic (exact) mass is 194 g/mol. The molecule has 0 saturated carbocycles. The Labute approximate surface area is 83.3 Å². The third-order valence-electron chi connectivity index (χ3n) is 2.09. The zero-order valence-corrected chi connectivity index (χ0v) is 8.41. The Morgan fingerprint density at radius 1 is 1.50 bits per heavy atom. The second kappa shape index (κ2) is 4.65. The molecule has 3 nitrogen and oxygen atoms in total. The third-order valence-corrected chi connectivity index (χ3v) is 2.09. The first-order chi connectivity index (χ1) is 6.67. The molecule has 0 bridgehead atoms. The number of hydrogen-bond acceptors (Lipinski definition) is 2. The first-order valence-corrected chi connectivity index (χ1v) is 4.55. The van der Waals surface area contributed by atoms with Crippen LogP contribution in [0.2, 0.25) is 0 Å². The van der Waals surface area contributed by atoms with Crippen LogP contribution in [0.4, 0.5) is 0 Å². The number of aliphatic carboxylic acids is 1. The van der Waals surface area contributed by atoms with E-state index in [4.69, 9.17) is 9.84 Å². The number of benzene rings is 1. The Morgan fingerprint density at radius 3 is 2.71 bits per heavy atom. The fraction of sp³-hybridized carbons (Fsp3) is 0.364. The van der Waals surface area contributed by atoms with Gasteiger partial charge in [-0.25, -0.2) is 0 Å². The van der Waals surface area contributed by atoms with Crippen LogP contribution in [0.1, 0.15) is 18.1 Å². The van der Waals surface area contributed by atoms with Crippen molar-refractivity contribution >= 4 is 5.97 Å². The summed E-state index contributed by atoms with van der Waals surface area (Å²) in [6.45, 7) is 2.04. The lowest BCUT2D eigenvalue weighted by atomic mass is 10.1. The second-order valence-electron chi connectivity index (χ2n) is 3.07. The Hall–Kier alpha value is -1.51. The molecule has 0 atom stereocenters. The smallest absolute Gasteiger partial charge is 0.307 e. The summed E-state index contributed by atoms with van der Waals surface area (Å²) in [5, 5.41) is 8.62. The van der Waals surface area contributed by atoms with E-state index in [1.165, 1.54) is 0 Å². The minimum Gasteiger partial charge on any atom is -0.496 e. The maximum atomic E-state index is 10.5. The van der Waals surface area contributed by atoms with Crippen LogP contribution in [0.15, 0.2) is 18.2 Å². The van der Waals surface area contributed by atoms with Crippen LogP contribution in [-0.4, -0.2) is 18.2 Å². The van der Waals surface area contributed by atoms with Gasteiger partial charge in [0.25, 0.3) is 0 Å². The van der Waals surface area contributed by atoms with Gasteiger partial charge in [0.1, 0.15) is 5.75 Å². The predicted octanol–water partition coefficient (Wildman–Crippen LogP) is 1.88. The average Bonchev–Trinajstić information content (AvgIpc) is 2.16. The van der Waals surface area contributed by atoms with Crippen molar-refractivity contribution in [3.8, 4) is 5.75 Å². The van der Waals surface area contributed by atoms with E-state index in [1.807, 2.05) is 19.1 Å². The van der Waals surface area contributed by atoms with E-state index in [-0.39, 0.29) is 6.42 Å². The SMILES string of the molecule is CCc1ccc(CC(=O)O)cc1OC. The summed E-state index contributed by atoms with van der Waals surface area (Å²) in [5.41, 5.74) is 1.87. The molecule has 0 aromatic heterocycles. The number of carboxylic acid groups (broad SMARTS) is 1. The highest BCUT2D eigenvalue weighted by atomic mass is 16.5. The summed E-state index contributed by atoms with van der Waals surface area (Å²) in [6, 6.07) is 5.53. The van der Waals surface area contributed by atoms with Crippen molar-refractivity contribution in [2.45, 2.75) is 19.8 Å². The largest absolute Gasteiger partial charge is 0.496 e. The van der Waals surface area contributed by atoms with Crippen LogP contribution >= 0.6 is 0 Å². The minimum atomic E-state index is -0.823. The highest BCUT2D eigenvalue weighted by molar-refractivity contribution is 5.70. The Bertz CT molecular complexity index is 331. The van der Waals surface area contributed by atoms with Crippen molar-refractivity contribution in [2.24, 2.45) is 0 Å². The van der Waals surface area contributed by atoms with Gasteiger partial charge in [-0.05, 0) is 23.6 Å². The molecule has 76 valence electrons. The lowest BCUT2D eigenvalue weighted by Crippen LogP contribution is -2.01. The molecule has 1 aromatic rings. The van der Waals surface area contributed by atoms with Gasteiger partial charge in [0.05, 0.1) is 13.5 Å². The molecule has 0 fully saturated rings. The first kappa shape index (κ1) is 10.6. The van der Waals surface area contributed by atoms with Crippen molar-refractivity contribution in [3.63, 3.8) is 0 Å². The molecular formula is C11H14O3. The maximum Gasteiger partial charge on any atom is 0.307 e. The van der Waals surface area contributed by atoms with E-state index in [2.05, 4.69) is 0 Å². The zero-order valence-electron chi connectivity index (χ0n) is 8.41. The number of aryl methyl sites for hydroxylation is 1. The van der Waals surface area contributed by atoms with Gasteiger partial charge >= 0.3 is 5.97 Å². The van der Waals surface area contributed by atoms with Gasteiger partial charge in [0.15, 0.2) is 0 Å². The number of carbonyl (C=O) groups is 1. The van der Waals surface area contributed by atoms with E-state index in [0.29, 0.717) is 0 Å². The van der Waals surface area contributed by atoms with E-state index in [9.17, 15) is 4.79 Å². The molecule has 0 heterocycles. The van der Waals surface area contributed by atoms with Crippen LogP contribution in [0, 0.1) is 0 Å². The lowest BCUT2D eigenvalue weighted by molar-refractivity contribution is -0.136. The maximum absolute atomic E-state index is 10.5. The fourth-order valence-corrected chi connectivity index (χ4v) is 1.37.